The number of nitrogens with one attached hydrogen (secondary N) is 4. The van der Waals surface area contributed by atoms with E-state index in [1.807, 2.05) is 0 Å². The van der Waals surface area contributed by atoms with Crippen molar-refractivity contribution in [1.82, 2.24) is 30.8 Å². The van der Waals surface area contributed by atoms with Gasteiger partial charge in [-0.25, -0.2) is 15.4 Å². The van der Waals surface area contributed by atoms with Crippen LogP contribution in [-0.4, -0.2) is 227 Å². The Morgan fingerprint density at radius 1 is 0.731 bits per heavy atom. The van der Waals surface area contributed by atoms with Gasteiger partial charge >= 0.3 is 12.1 Å². The number of anilines is 1. The van der Waals surface area contributed by atoms with Gasteiger partial charge in [0.15, 0.2) is 0 Å². The van der Waals surface area contributed by atoms with Gasteiger partial charge in [0.2, 0.25) is 29.5 Å². The van der Waals surface area contributed by atoms with Gasteiger partial charge < -0.3 is 95.1 Å². The normalized spacial score (nSPS) is 12.6. The molecule has 0 aliphatic carbocycles. The molecule has 0 radical (unpaired) electrons. The highest BCUT2D eigenvalue weighted by Gasteiger charge is 2.28. The summed E-state index contributed by atoms with van der Waals surface area (Å²) in [6.07, 6.45) is 2.46. The molecule has 8 amide bonds. The Labute approximate surface area is 457 Å². The van der Waals surface area contributed by atoms with E-state index in [2.05, 4.69) is 35.1 Å². The molecule has 0 bridgehead atoms. The zero-order valence-corrected chi connectivity index (χ0v) is 46.1. The lowest BCUT2D eigenvalue weighted by molar-refractivity contribution is -0.139. The van der Waals surface area contributed by atoms with Crippen molar-refractivity contribution in [3.05, 3.63) is 41.2 Å². The van der Waals surface area contributed by atoms with E-state index in [4.69, 9.17) is 64.7 Å². The van der Waals surface area contributed by atoms with Crippen molar-refractivity contribution in [3.8, 4) is 0 Å². The average Bonchev–Trinajstić information content (AvgIpc) is 3.74. The SMILES string of the molecule is CCC.COCCOCCOCCOCCOCCOCCOCCOCCN(N)/C=C(\N)COC(=O)N(C)Cc1cc(NC(=O)[C@H](CCCNC(N)=O)NC(=O)CNC(=O)CCOCCN2C(=O)CCC2=O)ccc1CO. The van der Waals surface area contributed by atoms with Gasteiger partial charge in [-0.05, 0) is 36.1 Å². The van der Waals surface area contributed by atoms with Gasteiger partial charge in [0, 0.05) is 58.4 Å². The maximum atomic E-state index is 13.5. The molecular formula is C50H88N10O18. The topological polar surface area (TPSA) is 368 Å². The third-order valence-electron chi connectivity index (χ3n) is 10.4. The maximum Gasteiger partial charge on any atom is 0.410 e. The predicted molar refractivity (Wildman–Crippen MR) is 284 cm³/mol. The van der Waals surface area contributed by atoms with Crippen molar-refractivity contribution >= 4 is 47.3 Å². The van der Waals surface area contributed by atoms with E-state index < -0.39 is 42.4 Å². The number of hydrazine groups is 1. The quantitative estimate of drug-likeness (QED) is 0.0176. The molecule has 2 rings (SSSR count). The molecule has 1 atom stereocenters. The summed E-state index contributed by atoms with van der Waals surface area (Å²) in [7, 11) is 3.09. The van der Waals surface area contributed by atoms with Crippen LogP contribution >= 0.6 is 0 Å². The molecule has 0 aromatic heterocycles. The summed E-state index contributed by atoms with van der Waals surface area (Å²) in [5.74, 6) is 3.65. The molecule has 1 saturated heterocycles. The van der Waals surface area contributed by atoms with Crippen LogP contribution in [0.25, 0.3) is 0 Å². The molecule has 1 aromatic carbocycles. The Balaban J connectivity index is 0.00000989. The number of urea groups is 1. The first-order chi connectivity index (χ1) is 37.6. The monoisotopic (exact) mass is 1120 g/mol. The van der Waals surface area contributed by atoms with Crippen LogP contribution in [0.2, 0.25) is 0 Å². The largest absolute Gasteiger partial charge is 0.443 e. The summed E-state index contributed by atoms with van der Waals surface area (Å²) in [6.45, 7) is 10.2. The van der Waals surface area contributed by atoms with Crippen molar-refractivity contribution in [2.24, 2.45) is 17.3 Å². The molecule has 0 unspecified atom stereocenters. The summed E-state index contributed by atoms with van der Waals surface area (Å²) in [6, 6.07) is 2.76. The standard InChI is InChI=1S/C47H80N10O18.C3H8/c1-55(47(65)75-35-38(48)33-56(50)11-14-68-18-19-70-22-23-72-26-27-74-29-28-73-25-24-71-21-20-69-17-16-66-2)32-37-30-39(6-5-36(37)34-58)53-45(63)40(4-3-10-51-46(49)64)54-42(60)31-52-41(59)9-13-67-15-12-57-43(61)7-8-44(57)62;1-3-2/h5-6,30,33,40,58H,3-4,7-29,31-32,34-35,48,50H2,1-2H3,(H,52,59)(H,53,63)(H,54,60)(H3,49,51,64);3H2,1-2H3/b38-33-;/t40-;/m0./s1. The first kappa shape index (κ1) is 70.2. The molecule has 0 saturated carbocycles. The van der Waals surface area contributed by atoms with Gasteiger partial charge in [0.1, 0.15) is 12.6 Å². The Morgan fingerprint density at radius 2 is 1.26 bits per heavy atom. The lowest BCUT2D eigenvalue weighted by Gasteiger charge is -2.21. The minimum Gasteiger partial charge on any atom is -0.443 e. The molecule has 1 aromatic rings. The van der Waals surface area contributed by atoms with E-state index in [0.717, 1.165) is 4.90 Å². The van der Waals surface area contributed by atoms with Crippen molar-refractivity contribution in [2.75, 3.05) is 165 Å². The lowest BCUT2D eigenvalue weighted by atomic mass is 10.1. The first-order valence-corrected chi connectivity index (χ1v) is 26.1. The summed E-state index contributed by atoms with van der Waals surface area (Å²) in [5, 5.41) is 21.5. The number of amides is 8. The molecule has 1 aliphatic rings. The fourth-order valence-corrected chi connectivity index (χ4v) is 6.45. The Bertz CT molecular complexity index is 1870. The smallest absolute Gasteiger partial charge is 0.410 e. The van der Waals surface area contributed by atoms with Crippen LogP contribution in [0.1, 0.15) is 63.5 Å². The molecule has 78 heavy (non-hydrogen) atoms. The predicted octanol–water partition coefficient (Wildman–Crippen LogP) is -0.554. The number of aliphatic hydroxyl groups is 1. The zero-order chi connectivity index (χ0) is 57.6. The number of hydrogen-bond acceptors (Lipinski definition) is 21. The highest BCUT2D eigenvalue weighted by atomic mass is 16.6. The Hall–Kier alpha value is -5.79. The number of imide groups is 1. The van der Waals surface area contributed by atoms with E-state index >= 15 is 0 Å². The second-order valence-corrected chi connectivity index (χ2v) is 17.1. The van der Waals surface area contributed by atoms with Crippen LogP contribution < -0.4 is 38.6 Å². The molecule has 446 valence electrons. The molecule has 11 N–H and O–H groups in total. The van der Waals surface area contributed by atoms with Crippen LogP contribution in [0.4, 0.5) is 15.3 Å². The minimum atomic E-state index is -1.12. The van der Waals surface area contributed by atoms with Gasteiger partial charge in [-0.15, -0.1) is 0 Å². The highest BCUT2D eigenvalue weighted by Crippen LogP contribution is 2.19. The van der Waals surface area contributed by atoms with Crippen molar-refractivity contribution in [3.63, 3.8) is 0 Å². The fourth-order valence-electron chi connectivity index (χ4n) is 6.45. The number of hydrogen-bond donors (Lipinski definition) is 8. The van der Waals surface area contributed by atoms with Crippen LogP contribution in [0.15, 0.2) is 30.1 Å². The van der Waals surface area contributed by atoms with E-state index in [1.54, 1.807) is 19.2 Å². The summed E-state index contributed by atoms with van der Waals surface area (Å²) < 4.78 is 53.8. The number of aliphatic hydroxyl groups excluding tert-OH is 1. The number of primary amides is 1. The van der Waals surface area contributed by atoms with E-state index in [9.17, 15) is 38.7 Å². The van der Waals surface area contributed by atoms with Gasteiger partial charge in [-0.2, -0.15) is 0 Å². The third-order valence-corrected chi connectivity index (χ3v) is 10.4. The number of rotatable bonds is 45. The number of methoxy groups -OCH3 is 1. The molecule has 28 nitrogen and oxygen atoms in total. The zero-order valence-electron chi connectivity index (χ0n) is 46.1. The van der Waals surface area contributed by atoms with Gasteiger partial charge in [-0.1, -0.05) is 26.3 Å². The molecule has 1 fully saturated rings. The number of benzene rings is 1. The Kier molecular flexibility index (Phi) is 41.6. The van der Waals surface area contributed by atoms with Crippen LogP contribution in [0, 0.1) is 0 Å². The number of carbonyl (C=O) groups excluding carboxylic acids is 7. The third kappa shape index (κ3) is 36.3. The van der Waals surface area contributed by atoms with E-state index in [1.165, 1.54) is 35.6 Å². The van der Waals surface area contributed by atoms with Crippen LogP contribution in [-0.2, 0) is 84.5 Å². The number of ether oxygens (including phenoxy) is 10. The fraction of sp³-hybridized carbons (Fsp3) is 0.700. The van der Waals surface area contributed by atoms with Crippen molar-refractivity contribution < 1.29 is 86.0 Å². The van der Waals surface area contributed by atoms with Crippen LogP contribution in [0.3, 0.4) is 0 Å². The lowest BCUT2D eigenvalue weighted by Crippen LogP contribution is -2.47. The van der Waals surface area contributed by atoms with Gasteiger partial charge in [-0.3, -0.25) is 28.9 Å². The number of nitrogens with two attached hydrogens (primary N) is 3. The highest BCUT2D eigenvalue weighted by molar-refractivity contribution is 6.02. The maximum absolute atomic E-state index is 13.5. The molecule has 1 heterocycles. The number of carbonyl (C=O) groups is 7. The van der Waals surface area contributed by atoms with Crippen molar-refractivity contribution in [2.45, 2.75) is 71.6 Å². The van der Waals surface area contributed by atoms with Crippen LogP contribution in [0.5, 0.6) is 0 Å². The second kappa shape index (κ2) is 46.2. The minimum absolute atomic E-state index is 0.0202. The van der Waals surface area contributed by atoms with E-state index in [-0.39, 0.29) is 115 Å². The molecular weight excluding hydrogens is 1030 g/mol. The number of nitrogens with zero attached hydrogens (tertiary/aromatic N) is 3. The number of likely N-dealkylation sites (tertiary alicyclic amines) is 1. The summed E-state index contributed by atoms with van der Waals surface area (Å²) >= 11 is 0. The van der Waals surface area contributed by atoms with Gasteiger partial charge in [0.25, 0.3) is 0 Å². The Morgan fingerprint density at radius 3 is 1.78 bits per heavy atom. The van der Waals surface area contributed by atoms with Crippen molar-refractivity contribution in [1.29, 1.82) is 0 Å². The molecule has 0 spiro atoms. The molecule has 1 aliphatic heterocycles. The summed E-state index contributed by atoms with van der Waals surface area (Å²) in [5.41, 5.74) is 12.6. The second-order valence-electron chi connectivity index (χ2n) is 17.1. The first-order valence-electron chi connectivity index (χ1n) is 26.1. The molecule has 28 heteroatoms. The van der Waals surface area contributed by atoms with Gasteiger partial charge in [0.05, 0.1) is 144 Å². The summed E-state index contributed by atoms with van der Waals surface area (Å²) in [4.78, 5) is 88.6. The van der Waals surface area contributed by atoms with E-state index in [0.29, 0.717) is 104 Å². The average molecular weight is 1120 g/mol.